The van der Waals surface area contributed by atoms with Crippen molar-refractivity contribution in [3.63, 3.8) is 0 Å². The van der Waals surface area contributed by atoms with Crippen molar-refractivity contribution in [2.45, 2.75) is 90.3 Å². The van der Waals surface area contributed by atoms with E-state index >= 15 is 0 Å². The van der Waals surface area contributed by atoms with Gasteiger partial charge in [0, 0.05) is 19.0 Å². The summed E-state index contributed by atoms with van der Waals surface area (Å²) in [7, 11) is 0. The summed E-state index contributed by atoms with van der Waals surface area (Å²) in [6, 6.07) is 0.978. The van der Waals surface area contributed by atoms with Crippen molar-refractivity contribution in [1.29, 1.82) is 0 Å². The number of aromatic nitrogens is 3. The molecule has 3 rings (SSSR count). The molecule has 21 heavy (non-hydrogen) atoms. The van der Waals surface area contributed by atoms with E-state index in [0.717, 1.165) is 24.7 Å². The number of nitrogens with one attached hydrogen (secondary N) is 1. The summed E-state index contributed by atoms with van der Waals surface area (Å²) in [5.74, 6) is 3.26. The molecule has 4 nitrogen and oxygen atoms in total. The van der Waals surface area contributed by atoms with Crippen molar-refractivity contribution < 1.29 is 0 Å². The van der Waals surface area contributed by atoms with Crippen molar-refractivity contribution >= 4 is 0 Å². The molecule has 0 bridgehead atoms. The summed E-state index contributed by atoms with van der Waals surface area (Å²) >= 11 is 0. The van der Waals surface area contributed by atoms with Crippen LogP contribution in [0.5, 0.6) is 0 Å². The van der Waals surface area contributed by atoms with E-state index in [9.17, 15) is 0 Å². The first-order chi connectivity index (χ1) is 10.2. The van der Waals surface area contributed by atoms with Crippen LogP contribution in [0.1, 0.15) is 82.9 Å². The second-order valence-electron chi connectivity index (χ2n) is 7.14. The molecule has 1 saturated carbocycles. The quantitative estimate of drug-likeness (QED) is 0.865. The van der Waals surface area contributed by atoms with Gasteiger partial charge in [-0.3, -0.25) is 0 Å². The monoisotopic (exact) mass is 290 g/mol. The minimum absolute atomic E-state index is 0.322. The Morgan fingerprint density at radius 2 is 1.95 bits per heavy atom. The highest BCUT2D eigenvalue weighted by Crippen LogP contribution is 2.25. The largest absolute Gasteiger partial charge is 0.314 e. The normalized spacial score (nSPS) is 28.5. The van der Waals surface area contributed by atoms with Gasteiger partial charge in [0.1, 0.15) is 11.6 Å². The van der Waals surface area contributed by atoms with E-state index < -0.39 is 0 Å². The molecule has 2 heterocycles. The Kier molecular flexibility index (Phi) is 4.94. The van der Waals surface area contributed by atoms with Gasteiger partial charge in [-0.15, -0.1) is 10.2 Å². The van der Waals surface area contributed by atoms with Gasteiger partial charge in [0.2, 0.25) is 0 Å². The SMILES string of the molecule is CC1CCCC(NC(C)c2nnc3n2CCCCC3)CC1. The van der Waals surface area contributed by atoms with Crippen LogP contribution >= 0.6 is 0 Å². The molecule has 0 spiro atoms. The fourth-order valence-corrected chi connectivity index (χ4v) is 3.91. The Labute approximate surface area is 128 Å². The van der Waals surface area contributed by atoms with Crippen molar-refractivity contribution in [2.24, 2.45) is 5.92 Å². The third-order valence-electron chi connectivity index (χ3n) is 5.27. The number of hydrogen-bond acceptors (Lipinski definition) is 3. The molecule has 118 valence electrons. The van der Waals surface area contributed by atoms with Gasteiger partial charge in [-0.2, -0.15) is 0 Å². The van der Waals surface area contributed by atoms with E-state index in [2.05, 4.69) is 33.9 Å². The van der Waals surface area contributed by atoms with E-state index in [1.807, 2.05) is 0 Å². The molecular weight excluding hydrogens is 260 g/mol. The number of hydrogen-bond donors (Lipinski definition) is 1. The van der Waals surface area contributed by atoms with Crippen LogP contribution in [0.3, 0.4) is 0 Å². The topological polar surface area (TPSA) is 42.7 Å². The maximum Gasteiger partial charge on any atom is 0.149 e. The first kappa shape index (κ1) is 15.0. The molecule has 1 N–H and O–H groups in total. The Morgan fingerprint density at radius 1 is 1.05 bits per heavy atom. The molecule has 0 amide bonds. The lowest BCUT2D eigenvalue weighted by Gasteiger charge is -2.22. The highest BCUT2D eigenvalue weighted by Gasteiger charge is 2.23. The third kappa shape index (κ3) is 3.65. The maximum absolute atomic E-state index is 4.49. The van der Waals surface area contributed by atoms with E-state index in [0.29, 0.717) is 12.1 Å². The number of aryl methyl sites for hydroxylation is 1. The molecule has 1 aliphatic heterocycles. The molecule has 2 aliphatic rings. The zero-order valence-corrected chi connectivity index (χ0v) is 13.6. The van der Waals surface area contributed by atoms with Gasteiger partial charge >= 0.3 is 0 Å². The lowest BCUT2D eigenvalue weighted by atomic mass is 10.0. The summed E-state index contributed by atoms with van der Waals surface area (Å²) in [4.78, 5) is 0. The van der Waals surface area contributed by atoms with Crippen LogP contribution in [0.2, 0.25) is 0 Å². The summed E-state index contributed by atoms with van der Waals surface area (Å²) < 4.78 is 2.38. The highest BCUT2D eigenvalue weighted by atomic mass is 15.3. The lowest BCUT2D eigenvalue weighted by molar-refractivity contribution is 0.389. The predicted octanol–water partition coefficient (Wildman–Crippen LogP) is 3.62. The van der Waals surface area contributed by atoms with Crippen LogP contribution in [0.4, 0.5) is 0 Å². The van der Waals surface area contributed by atoms with Gasteiger partial charge in [-0.25, -0.2) is 0 Å². The summed E-state index contributed by atoms with van der Waals surface area (Å²) in [5, 5.41) is 12.8. The first-order valence-electron chi connectivity index (χ1n) is 8.92. The van der Waals surface area contributed by atoms with E-state index in [4.69, 9.17) is 0 Å². The predicted molar refractivity (Wildman–Crippen MR) is 85.2 cm³/mol. The smallest absolute Gasteiger partial charge is 0.149 e. The van der Waals surface area contributed by atoms with E-state index in [-0.39, 0.29) is 0 Å². The van der Waals surface area contributed by atoms with Crippen LogP contribution in [-0.2, 0) is 13.0 Å². The minimum atomic E-state index is 0.322. The van der Waals surface area contributed by atoms with Gasteiger partial charge in [-0.1, -0.05) is 26.2 Å². The fourth-order valence-electron chi connectivity index (χ4n) is 3.91. The standard InChI is InChI=1S/C17H30N4/c1-13-7-6-8-15(11-10-13)18-14(2)17-20-19-16-9-4-3-5-12-21(16)17/h13-15,18H,3-12H2,1-2H3. The lowest BCUT2D eigenvalue weighted by Crippen LogP contribution is -2.32. The second-order valence-corrected chi connectivity index (χ2v) is 7.14. The molecule has 1 fully saturated rings. The Bertz CT molecular complexity index is 454. The Balaban J connectivity index is 1.65. The first-order valence-corrected chi connectivity index (χ1v) is 8.92. The maximum atomic E-state index is 4.49. The van der Waals surface area contributed by atoms with Gasteiger partial charge in [-0.05, 0) is 44.9 Å². The van der Waals surface area contributed by atoms with Crippen LogP contribution in [0.15, 0.2) is 0 Å². The molecule has 4 heteroatoms. The van der Waals surface area contributed by atoms with Crippen molar-refractivity contribution in [3.05, 3.63) is 11.6 Å². The third-order valence-corrected chi connectivity index (χ3v) is 5.27. The summed E-state index contributed by atoms with van der Waals surface area (Å²) in [6.45, 7) is 5.76. The number of nitrogens with zero attached hydrogens (tertiary/aromatic N) is 3. The van der Waals surface area contributed by atoms with Gasteiger partial charge < -0.3 is 9.88 Å². The zero-order valence-electron chi connectivity index (χ0n) is 13.6. The molecule has 3 unspecified atom stereocenters. The molecule has 1 aromatic rings. The molecular formula is C17H30N4. The van der Waals surface area contributed by atoms with Crippen LogP contribution < -0.4 is 5.32 Å². The Morgan fingerprint density at radius 3 is 2.86 bits per heavy atom. The average molecular weight is 290 g/mol. The van der Waals surface area contributed by atoms with E-state index in [1.165, 1.54) is 57.2 Å². The highest BCUT2D eigenvalue weighted by molar-refractivity contribution is 5.02. The zero-order chi connectivity index (χ0) is 14.7. The molecule has 0 radical (unpaired) electrons. The number of rotatable bonds is 3. The van der Waals surface area contributed by atoms with Gasteiger partial charge in [0.05, 0.1) is 6.04 Å². The molecule has 0 aromatic carbocycles. The van der Waals surface area contributed by atoms with Gasteiger partial charge in [0.25, 0.3) is 0 Å². The molecule has 1 aromatic heterocycles. The van der Waals surface area contributed by atoms with Crippen molar-refractivity contribution in [2.75, 3.05) is 0 Å². The molecule has 1 aliphatic carbocycles. The van der Waals surface area contributed by atoms with Crippen LogP contribution in [0.25, 0.3) is 0 Å². The second kappa shape index (κ2) is 6.91. The van der Waals surface area contributed by atoms with Crippen molar-refractivity contribution in [3.8, 4) is 0 Å². The van der Waals surface area contributed by atoms with Crippen LogP contribution in [0, 0.1) is 5.92 Å². The summed E-state index contributed by atoms with van der Waals surface area (Å²) in [5.41, 5.74) is 0. The number of fused-ring (bicyclic) bond motifs is 1. The minimum Gasteiger partial charge on any atom is -0.314 e. The molecule has 0 saturated heterocycles. The average Bonchev–Trinajstić information content (AvgIpc) is 2.64. The van der Waals surface area contributed by atoms with Gasteiger partial charge in [0.15, 0.2) is 0 Å². The van der Waals surface area contributed by atoms with E-state index in [1.54, 1.807) is 0 Å². The molecule has 3 atom stereocenters. The summed E-state index contributed by atoms with van der Waals surface area (Å²) in [6.07, 6.45) is 11.7. The fraction of sp³-hybridized carbons (Fsp3) is 0.882. The van der Waals surface area contributed by atoms with Crippen molar-refractivity contribution in [1.82, 2.24) is 20.1 Å². The Hall–Kier alpha value is -0.900. The van der Waals surface area contributed by atoms with Crippen LogP contribution in [-0.4, -0.2) is 20.8 Å².